The lowest BCUT2D eigenvalue weighted by molar-refractivity contribution is 0.0943. The molecule has 0 aliphatic carbocycles. The second kappa shape index (κ2) is 8.06. The Morgan fingerprint density at radius 2 is 2.22 bits per heavy atom. The van der Waals surface area contributed by atoms with E-state index in [2.05, 4.69) is 29.0 Å². The van der Waals surface area contributed by atoms with Crippen molar-refractivity contribution < 1.29 is 4.79 Å². The zero-order valence-electron chi connectivity index (χ0n) is 10.9. The van der Waals surface area contributed by atoms with Crippen LogP contribution in [0.25, 0.3) is 0 Å². The van der Waals surface area contributed by atoms with Gasteiger partial charge in [0.15, 0.2) is 0 Å². The predicted octanol–water partition coefficient (Wildman–Crippen LogP) is 2.20. The van der Waals surface area contributed by atoms with Gasteiger partial charge in [-0.25, -0.2) is 0 Å². The summed E-state index contributed by atoms with van der Waals surface area (Å²) < 4.78 is 0. The van der Waals surface area contributed by atoms with E-state index in [0.717, 1.165) is 26.1 Å². The predicted molar refractivity (Wildman–Crippen MR) is 74.0 cm³/mol. The highest BCUT2D eigenvalue weighted by atomic mass is 35.5. The molecule has 0 aliphatic heterocycles. The first-order chi connectivity index (χ1) is 8.67. The van der Waals surface area contributed by atoms with E-state index in [1.165, 1.54) is 6.20 Å². The summed E-state index contributed by atoms with van der Waals surface area (Å²) in [5.74, 6) is -0.176. The third kappa shape index (κ3) is 5.02. The number of pyridine rings is 1. The lowest BCUT2D eigenvalue weighted by Gasteiger charge is -2.19. The highest BCUT2D eigenvalue weighted by Crippen LogP contribution is 2.07. The second-order valence-corrected chi connectivity index (χ2v) is 4.49. The first-order valence-corrected chi connectivity index (χ1v) is 6.67. The molecular weight excluding hydrogens is 250 g/mol. The molecule has 1 aromatic heterocycles. The van der Waals surface area contributed by atoms with Crippen molar-refractivity contribution in [2.24, 2.45) is 0 Å². The molecule has 100 valence electrons. The van der Waals surface area contributed by atoms with Crippen LogP contribution in [0.4, 0.5) is 0 Å². The number of carbonyl (C=O) groups is 1. The van der Waals surface area contributed by atoms with Crippen molar-refractivity contribution in [1.82, 2.24) is 15.2 Å². The van der Waals surface area contributed by atoms with Gasteiger partial charge in [0.1, 0.15) is 5.69 Å². The Morgan fingerprint density at radius 3 is 2.83 bits per heavy atom. The smallest absolute Gasteiger partial charge is 0.269 e. The number of nitrogens with zero attached hydrogens (tertiary/aromatic N) is 2. The summed E-state index contributed by atoms with van der Waals surface area (Å²) in [5.41, 5.74) is 0.362. The van der Waals surface area contributed by atoms with Crippen LogP contribution in [-0.4, -0.2) is 42.0 Å². The fraction of sp³-hybridized carbons (Fsp3) is 0.538. The molecule has 1 heterocycles. The minimum absolute atomic E-state index is 0.176. The number of hydrogen-bond acceptors (Lipinski definition) is 3. The first-order valence-electron chi connectivity index (χ1n) is 6.29. The molecule has 1 aromatic rings. The Morgan fingerprint density at radius 1 is 1.44 bits per heavy atom. The molecule has 0 bridgehead atoms. The van der Waals surface area contributed by atoms with Gasteiger partial charge in [-0.05, 0) is 31.6 Å². The quantitative estimate of drug-likeness (QED) is 0.825. The van der Waals surface area contributed by atoms with Gasteiger partial charge in [-0.2, -0.15) is 0 Å². The van der Waals surface area contributed by atoms with Gasteiger partial charge in [-0.15, -0.1) is 0 Å². The van der Waals surface area contributed by atoms with Gasteiger partial charge in [-0.1, -0.05) is 25.4 Å². The number of carbonyl (C=O) groups excluding carboxylic acids is 1. The van der Waals surface area contributed by atoms with E-state index in [9.17, 15) is 4.79 Å². The summed E-state index contributed by atoms with van der Waals surface area (Å²) in [5, 5.41) is 3.37. The van der Waals surface area contributed by atoms with Gasteiger partial charge in [0.2, 0.25) is 0 Å². The molecule has 18 heavy (non-hydrogen) atoms. The molecule has 0 aromatic carbocycles. The molecule has 1 rings (SSSR count). The lowest BCUT2D eigenvalue weighted by Crippen LogP contribution is -2.35. The maximum atomic E-state index is 11.8. The molecule has 0 unspecified atom stereocenters. The van der Waals surface area contributed by atoms with Crippen molar-refractivity contribution in [2.45, 2.75) is 20.3 Å². The van der Waals surface area contributed by atoms with Gasteiger partial charge < -0.3 is 10.2 Å². The van der Waals surface area contributed by atoms with E-state index in [0.29, 0.717) is 17.3 Å². The third-order valence-corrected chi connectivity index (χ3v) is 2.89. The number of hydrogen-bond donors (Lipinski definition) is 1. The number of rotatable bonds is 7. The van der Waals surface area contributed by atoms with Crippen LogP contribution in [0, 0.1) is 0 Å². The Bertz CT molecular complexity index is 384. The first kappa shape index (κ1) is 14.9. The van der Waals surface area contributed by atoms with Crippen molar-refractivity contribution in [3.63, 3.8) is 0 Å². The van der Waals surface area contributed by atoms with Crippen molar-refractivity contribution in [3.05, 3.63) is 29.0 Å². The van der Waals surface area contributed by atoms with Crippen LogP contribution < -0.4 is 5.32 Å². The van der Waals surface area contributed by atoms with Gasteiger partial charge in [0.25, 0.3) is 5.91 Å². The van der Waals surface area contributed by atoms with Crippen LogP contribution in [0.5, 0.6) is 0 Å². The highest BCUT2D eigenvalue weighted by Gasteiger charge is 2.07. The fourth-order valence-electron chi connectivity index (χ4n) is 1.69. The third-order valence-electron chi connectivity index (χ3n) is 2.66. The van der Waals surface area contributed by atoms with Crippen LogP contribution in [0.15, 0.2) is 18.3 Å². The van der Waals surface area contributed by atoms with E-state index in [1.807, 2.05) is 0 Å². The minimum Gasteiger partial charge on any atom is -0.349 e. The maximum absolute atomic E-state index is 11.8. The Kier molecular flexibility index (Phi) is 6.68. The Hall–Kier alpha value is -1.13. The molecule has 0 saturated carbocycles. The standard InChI is InChI=1S/C13H20ClN3O/c1-3-8-17(4-2)9-7-16-13(18)12-10-11(14)5-6-15-12/h5-6,10H,3-4,7-9H2,1-2H3,(H,16,18). The second-order valence-electron chi connectivity index (χ2n) is 4.05. The molecule has 0 saturated heterocycles. The van der Waals surface area contributed by atoms with Crippen LogP contribution in [-0.2, 0) is 0 Å². The van der Waals surface area contributed by atoms with Crippen LogP contribution >= 0.6 is 11.6 Å². The number of nitrogens with one attached hydrogen (secondary N) is 1. The molecule has 0 spiro atoms. The van der Waals surface area contributed by atoms with E-state index < -0.39 is 0 Å². The molecule has 0 fully saturated rings. The van der Waals surface area contributed by atoms with Crippen molar-refractivity contribution in [1.29, 1.82) is 0 Å². The molecule has 5 heteroatoms. The number of likely N-dealkylation sites (N-methyl/N-ethyl adjacent to an activating group) is 1. The fourth-order valence-corrected chi connectivity index (χ4v) is 1.85. The summed E-state index contributed by atoms with van der Waals surface area (Å²) in [4.78, 5) is 18.1. The molecule has 1 N–H and O–H groups in total. The van der Waals surface area contributed by atoms with Crippen LogP contribution in [0.3, 0.4) is 0 Å². The molecule has 1 amide bonds. The zero-order chi connectivity index (χ0) is 13.4. The Balaban J connectivity index is 2.37. The van der Waals surface area contributed by atoms with Gasteiger partial charge in [0, 0.05) is 24.3 Å². The molecule has 0 aliphatic rings. The largest absolute Gasteiger partial charge is 0.349 e. The zero-order valence-corrected chi connectivity index (χ0v) is 11.7. The SMILES string of the molecule is CCCN(CC)CCNC(=O)c1cc(Cl)ccn1. The average molecular weight is 270 g/mol. The summed E-state index contributed by atoms with van der Waals surface area (Å²) in [6.45, 7) is 7.81. The number of halogens is 1. The van der Waals surface area contributed by atoms with Crippen molar-refractivity contribution in [3.8, 4) is 0 Å². The van der Waals surface area contributed by atoms with Crippen LogP contribution in [0.2, 0.25) is 5.02 Å². The minimum atomic E-state index is -0.176. The van der Waals surface area contributed by atoms with Gasteiger partial charge in [0.05, 0.1) is 0 Å². The van der Waals surface area contributed by atoms with Crippen molar-refractivity contribution >= 4 is 17.5 Å². The van der Waals surface area contributed by atoms with Crippen LogP contribution in [0.1, 0.15) is 30.8 Å². The maximum Gasteiger partial charge on any atom is 0.269 e. The van der Waals surface area contributed by atoms with E-state index >= 15 is 0 Å². The molecular formula is C13H20ClN3O. The average Bonchev–Trinajstić information content (AvgIpc) is 2.37. The molecule has 4 nitrogen and oxygen atoms in total. The monoisotopic (exact) mass is 269 g/mol. The topological polar surface area (TPSA) is 45.2 Å². The summed E-state index contributed by atoms with van der Waals surface area (Å²) in [6, 6.07) is 3.22. The Labute approximate surface area is 113 Å². The number of aromatic nitrogens is 1. The normalized spacial score (nSPS) is 10.7. The van der Waals surface area contributed by atoms with E-state index in [4.69, 9.17) is 11.6 Å². The van der Waals surface area contributed by atoms with E-state index in [1.54, 1.807) is 12.1 Å². The van der Waals surface area contributed by atoms with Gasteiger partial charge in [-0.3, -0.25) is 9.78 Å². The summed E-state index contributed by atoms with van der Waals surface area (Å²) in [7, 11) is 0. The lowest BCUT2D eigenvalue weighted by atomic mass is 10.3. The van der Waals surface area contributed by atoms with Gasteiger partial charge >= 0.3 is 0 Å². The van der Waals surface area contributed by atoms with E-state index in [-0.39, 0.29) is 5.91 Å². The molecule has 0 atom stereocenters. The summed E-state index contributed by atoms with van der Waals surface area (Å²) in [6.07, 6.45) is 2.66. The van der Waals surface area contributed by atoms with Crippen molar-refractivity contribution in [2.75, 3.05) is 26.2 Å². The number of amides is 1. The highest BCUT2D eigenvalue weighted by molar-refractivity contribution is 6.30. The molecule has 0 radical (unpaired) electrons. The summed E-state index contributed by atoms with van der Waals surface area (Å²) >= 11 is 5.81.